The molecule has 2 aromatic rings. The molecular weight excluding hydrogens is 370 g/mol. The number of H-pyrrole nitrogens is 1. The van der Waals surface area contributed by atoms with E-state index in [-0.39, 0.29) is 11.5 Å². The summed E-state index contributed by atoms with van der Waals surface area (Å²) in [6.07, 6.45) is 0. The Balaban J connectivity index is 2.11. The van der Waals surface area contributed by atoms with Crippen molar-refractivity contribution in [3.8, 4) is 5.75 Å². The van der Waals surface area contributed by atoms with Gasteiger partial charge in [0.25, 0.3) is 0 Å². The van der Waals surface area contributed by atoms with Crippen molar-refractivity contribution < 1.29 is 27.8 Å². The van der Waals surface area contributed by atoms with E-state index in [9.17, 15) is 18.4 Å². The van der Waals surface area contributed by atoms with Crippen LogP contribution in [0.3, 0.4) is 0 Å². The van der Waals surface area contributed by atoms with Gasteiger partial charge >= 0.3 is 12.6 Å². The van der Waals surface area contributed by atoms with Crippen molar-refractivity contribution in [2.45, 2.75) is 40.0 Å². The van der Waals surface area contributed by atoms with E-state index in [0.717, 1.165) is 5.56 Å². The first kappa shape index (κ1) is 21.6. The lowest BCUT2D eigenvalue weighted by Gasteiger charge is -2.23. The second-order valence-electron chi connectivity index (χ2n) is 6.59. The molecule has 0 radical (unpaired) electrons. The maximum atomic E-state index is 12.9. The minimum Gasteiger partial charge on any atom is -0.465 e. The van der Waals surface area contributed by atoms with Gasteiger partial charge in [0.2, 0.25) is 0 Å². The van der Waals surface area contributed by atoms with E-state index in [1.165, 1.54) is 19.2 Å². The number of carbonyl (C=O) groups excluding carboxylic acids is 2. The number of likely N-dealkylation sites (N-methyl/N-ethyl adjacent to an activating group) is 1. The summed E-state index contributed by atoms with van der Waals surface area (Å²) in [5, 5.41) is 0. The second-order valence-corrected chi connectivity index (χ2v) is 6.59. The first-order valence-electron chi connectivity index (χ1n) is 8.71. The Bertz CT molecular complexity index is 847. The van der Waals surface area contributed by atoms with E-state index in [1.54, 1.807) is 40.0 Å². The van der Waals surface area contributed by atoms with Crippen LogP contribution < -0.4 is 4.74 Å². The lowest BCUT2D eigenvalue weighted by Crippen LogP contribution is -2.36. The van der Waals surface area contributed by atoms with E-state index in [1.807, 2.05) is 4.90 Å². The Morgan fingerprint density at radius 2 is 1.79 bits per heavy atom. The fraction of sp³-hybridized carbons (Fsp3) is 0.400. The third-order valence-corrected chi connectivity index (χ3v) is 4.69. The van der Waals surface area contributed by atoms with Gasteiger partial charge in [-0.05, 0) is 51.1 Å². The lowest BCUT2D eigenvalue weighted by molar-refractivity contribution is -0.0498. The number of ketones is 1. The smallest absolute Gasteiger partial charge is 0.387 e. The molecule has 0 aliphatic heterocycles. The molecule has 1 atom stereocenters. The van der Waals surface area contributed by atoms with Gasteiger partial charge in [-0.15, -0.1) is 0 Å². The number of rotatable bonds is 8. The zero-order chi connectivity index (χ0) is 21.0. The van der Waals surface area contributed by atoms with Crippen molar-refractivity contribution in [2.24, 2.45) is 0 Å². The molecule has 0 aliphatic rings. The maximum absolute atomic E-state index is 12.9. The number of halogens is 2. The Labute approximate surface area is 162 Å². The summed E-state index contributed by atoms with van der Waals surface area (Å²) < 4.78 is 33.5. The van der Waals surface area contributed by atoms with Gasteiger partial charge < -0.3 is 14.5 Å². The Morgan fingerprint density at radius 1 is 1.18 bits per heavy atom. The van der Waals surface area contributed by atoms with Crippen LogP contribution in [0.15, 0.2) is 24.3 Å². The third kappa shape index (κ3) is 4.75. The number of carbonyl (C=O) groups is 2. The standard InChI is InChI=1S/C20H24F2N2O4/c1-11-16(19(26)27-5)12(2)23-17(11)18(25)13(3)24(4)10-14-6-8-15(9-7-14)28-20(21)22/h6-9,13,20,23H,10H2,1-5H3/t13-/m1/s1. The molecule has 6 nitrogen and oxygen atoms in total. The monoisotopic (exact) mass is 394 g/mol. The fourth-order valence-corrected chi connectivity index (χ4v) is 3.01. The molecule has 1 heterocycles. The maximum Gasteiger partial charge on any atom is 0.387 e. The summed E-state index contributed by atoms with van der Waals surface area (Å²) in [5.74, 6) is -0.563. The van der Waals surface area contributed by atoms with Crippen LogP contribution in [-0.4, -0.2) is 48.4 Å². The number of Topliss-reactive ketones (excluding diaryl/α,β-unsaturated/α-hetero) is 1. The number of aromatic nitrogens is 1. The van der Waals surface area contributed by atoms with Gasteiger partial charge in [-0.3, -0.25) is 9.69 Å². The van der Waals surface area contributed by atoms with Crippen molar-refractivity contribution in [3.05, 3.63) is 52.3 Å². The van der Waals surface area contributed by atoms with E-state index >= 15 is 0 Å². The van der Waals surface area contributed by atoms with Gasteiger partial charge in [0, 0.05) is 12.2 Å². The molecule has 1 N–H and O–H groups in total. The molecule has 28 heavy (non-hydrogen) atoms. The number of aromatic amines is 1. The van der Waals surface area contributed by atoms with Crippen LogP contribution in [0, 0.1) is 13.8 Å². The van der Waals surface area contributed by atoms with E-state index in [0.29, 0.717) is 29.1 Å². The normalized spacial score (nSPS) is 12.3. The van der Waals surface area contributed by atoms with Crippen molar-refractivity contribution in [1.82, 2.24) is 9.88 Å². The number of ether oxygens (including phenoxy) is 2. The number of nitrogens with zero attached hydrogens (tertiary/aromatic N) is 1. The van der Waals surface area contributed by atoms with Gasteiger partial charge in [0.05, 0.1) is 24.4 Å². The Hall–Kier alpha value is -2.74. The SMILES string of the molecule is COC(=O)c1c(C)[nH]c(C(=O)[C@@H](C)N(C)Cc2ccc(OC(F)F)cc2)c1C. The average molecular weight is 394 g/mol. The number of esters is 1. The Kier molecular flexibility index (Phi) is 6.90. The van der Waals surface area contributed by atoms with Crippen molar-refractivity contribution >= 4 is 11.8 Å². The van der Waals surface area contributed by atoms with Crippen LogP contribution in [0.4, 0.5) is 8.78 Å². The molecule has 8 heteroatoms. The topological polar surface area (TPSA) is 71.6 Å². The quantitative estimate of drug-likeness (QED) is 0.546. The molecular formula is C20H24F2N2O4. The molecule has 152 valence electrons. The molecule has 0 spiro atoms. The van der Waals surface area contributed by atoms with Crippen molar-refractivity contribution in [1.29, 1.82) is 0 Å². The van der Waals surface area contributed by atoms with Crippen LogP contribution in [0.5, 0.6) is 5.75 Å². The van der Waals surface area contributed by atoms with E-state index in [2.05, 4.69) is 9.72 Å². The van der Waals surface area contributed by atoms with E-state index in [4.69, 9.17) is 4.74 Å². The highest BCUT2D eigenvalue weighted by Gasteiger charge is 2.27. The molecule has 0 saturated carbocycles. The number of nitrogens with one attached hydrogen (secondary N) is 1. The van der Waals surface area contributed by atoms with Crippen LogP contribution in [0.1, 0.15) is 44.6 Å². The molecule has 0 unspecified atom stereocenters. The number of methoxy groups -OCH3 is 1. The number of hydrogen-bond acceptors (Lipinski definition) is 5. The average Bonchev–Trinajstić information content (AvgIpc) is 2.95. The number of hydrogen-bond donors (Lipinski definition) is 1. The summed E-state index contributed by atoms with van der Waals surface area (Å²) in [5.41, 5.74) is 2.73. The molecule has 2 rings (SSSR count). The molecule has 1 aromatic carbocycles. The summed E-state index contributed by atoms with van der Waals surface area (Å²) in [7, 11) is 3.09. The highest BCUT2D eigenvalue weighted by atomic mass is 19.3. The zero-order valence-corrected chi connectivity index (χ0v) is 16.5. The molecule has 0 fully saturated rings. The largest absolute Gasteiger partial charge is 0.465 e. The lowest BCUT2D eigenvalue weighted by atomic mass is 10.0. The van der Waals surface area contributed by atoms with Gasteiger partial charge in [0.15, 0.2) is 5.78 Å². The van der Waals surface area contributed by atoms with Crippen LogP contribution in [0.25, 0.3) is 0 Å². The highest BCUT2D eigenvalue weighted by Crippen LogP contribution is 2.22. The minimum atomic E-state index is -2.87. The first-order valence-corrected chi connectivity index (χ1v) is 8.71. The van der Waals surface area contributed by atoms with Crippen LogP contribution in [0.2, 0.25) is 0 Å². The zero-order valence-electron chi connectivity index (χ0n) is 16.5. The fourth-order valence-electron chi connectivity index (χ4n) is 3.01. The van der Waals surface area contributed by atoms with Gasteiger partial charge in [0.1, 0.15) is 5.75 Å². The summed E-state index contributed by atoms with van der Waals surface area (Å²) in [6.45, 7) is 2.76. The highest BCUT2D eigenvalue weighted by molar-refractivity contribution is 6.03. The van der Waals surface area contributed by atoms with Crippen molar-refractivity contribution in [2.75, 3.05) is 14.2 Å². The molecule has 0 bridgehead atoms. The third-order valence-electron chi connectivity index (χ3n) is 4.69. The predicted octanol–water partition coefficient (Wildman–Crippen LogP) is 3.72. The summed E-state index contributed by atoms with van der Waals surface area (Å²) in [6, 6.07) is 5.79. The summed E-state index contributed by atoms with van der Waals surface area (Å²) in [4.78, 5) is 29.7. The number of alkyl halides is 2. The minimum absolute atomic E-state index is 0.0818. The number of benzene rings is 1. The van der Waals surface area contributed by atoms with Gasteiger partial charge in [-0.1, -0.05) is 12.1 Å². The van der Waals surface area contributed by atoms with Gasteiger partial charge in [-0.25, -0.2) is 4.79 Å². The Morgan fingerprint density at radius 3 is 2.32 bits per heavy atom. The van der Waals surface area contributed by atoms with Crippen molar-refractivity contribution in [3.63, 3.8) is 0 Å². The molecule has 0 aliphatic carbocycles. The molecule has 0 saturated heterocycles. The first-order chi connectivity index (χ1) is 13.1. The molecule has 1 aromatic heterocycles. The van der Waals surface area contributed by atoms with Gasteiger partial charge in [-0.2, -0.15) is 8.78 Å². The second kappa shape index (κ2) is 8.97. The predicted molar refractivity (Wildman–Crippen MR) is 99.9 cm³/mol. The van der Waals surface area contributed by atoms with Crippen LogP contribution >= 0.6 is 0 Å². The van der Waals surface area contributed by atoms with E-state index < -0.39 is 18.6 Å². The van der Waals surface area contributed by atoms with Crippen LogP contribution in [-0.2, 0) is 11.3 Å². The number of aryl methyl sites for hydroxylation is 1. The molecule has 0 amide bonds. The summed E-state index contributed by atoms with van der Waals surface area (Å²) >= 11 is 0.